The minimum absolute atomic E-state index is 0.0620. The summed E-state index contributed by atoms with van der Waals surface area (Å²) in [7, 11) is 0. The predicted molar refractivity (Wildman–Crippen MR) is 106 cm³/mol. The van der Waals surface area contributed by atoms with Gasteiger partial charge in [0.15, 0.2) is 5.57 Å². The largest absolute Gasteiger partial charge is 0.462 e. The van der Waals surface area contributed by atoms with Crippen molar-refractivity contribution in [2.75, 3.05) is 39.5 Å². The van der Waals surface area contributed by atoms with Gasteiger partial charge in [-0.1, -0.05) is 30.3 Å². The molecule has 154 valence electrons. The quantitative estimate of drug-likeness (QED) is 0.299. The molecule has 28 heavy (non-hydrogen) atoms. The Kier molecular flexibility index (Phi) is 8.97. The highest BCUT2D eigenvalue weighted by Crippen LogP contribution is 2.25. The lowest BCUT2D eigenvalue weighted by molar-refractivity contribution is -0.146. The molecule has 1 aromatic carbocycles. The summed E-state index contributed by atoms with van der Waals surface area (Å²) in [5.41, 5.74) is 1.02. The van der Waals surface area contributed by atoms with Crippen LogP contribution in [0.4, 0.5) is 0 Å². The molecule has 0 saturated carbocycles. The summed E-state index contributed by atoms with van der Waals surface area (Å²) in [5, 5.41) is 3.21. The van der Waals surface area contributed by atoms with E-state index < -0.39 is 11.9 Å². The Labute approximate surface area is 166 Å². The Bertz CT molecular complexity index is 636. The Hall–Kier alpha value is -2.38. The summed E-state index contributed by atoms with van der Waals surface area (Å²) < 4.78 is 15.5. The number of benzene rings is 1. The van der Waals surface area contributed by atoms with Gasteiger partial charge in [-0.2, -0.15) is 0 Å². The Morgan fingerprint density at radius 2 is 1.68 bits per heavy atom. The van der Waals surface area contributed by atoms with Crippen molar-refractivity contribution in [1.82, 2.24) is 10.2 Å². The fraction of sp³-hybridized carbons (Fsp3) is 0.524. The van der Waals surface area contributed by atoms with Gasteiger partial charge in [-0.25, -0.2) is 9.59 Å². The average molecular weight is 390 g/mol. The SMILES string of the molecule is CCOC(=O)C(=CN[C@H](C)[C@H](c1ccccc1)N1CCOCC1)C(=O)OCC. The first-order valence-electron chi connectivity index (χ1n) is 9.75. The van der Waals surface area contributed by atoms with Gasteiger partial charge in [0.25, 0.3) is 0 Å². The zero-order chi connectivity index (χ0) is 20.4. The molecule has 1 saturated heterocycles. The maximum Gasteiger partial charge on any atom is 0.347 e. The van der Waals surface area contributed by atoms with E-state index in [4.69, 9.17) is 14.2 Å². The second kappa shape index (κ2) is 11.5. The number of hydrogen-bond acceptors (Lipinski definition) is 7. The van der Waals surface area contributed by atoms with Crippen LogP contribution >= 0.6 is 0 Å². The van der Waals surface area contributed by atoms with Crippen LogP contribution in [0.1, 0.15) is 32.4 Å². The Morgan fingerprint density at radius 3 is 2.21 bits per heavy atom. The third-order valence-corrected chi connectivity index (χ3v) is 4.54. The van der Waals surface area contributed by atoms with Gasteiger partial charge in [-0.05, 0) is 26.3 Å². The van der Waals surface area contributed by atoms with Gasteiger partial charge in [0.2, 0.25) is 0 Å². The molecule has 0 bridgehead atoms. The van der Waals surface area contributed by atoms with Crippen LogP contribution in [0.2, 0.25) is 0 Å². The molecule has 1 fully saturated rings. The van der Waals surface area contributed by atoms with Crippen molar-refractivity contribution in [3.63, 3.8) is 0 Å². The van der Waals surface area contributed by atoms with E-state index in [0.717, 1.165) is 18.7 Å². The van der Waals surface area contributed by atoms with Crippen LogP contribution in [0.15, 0.2) is 42.1 Å². The Balaban J connectivity index is 2.22. The van der Waals surface area contributed by atoms with Gasteiger partial charge in [0, 0.05) is 25.3 Å². The van der Waals surface area contributed by atoms with E-state index in [9.17, 15) is 9.59 Å². The molecule has 0 unspecified atom stereocenters. The molecule has 2 rings (SSSR count). The van der Waals surface area contributed by atoms with Crippen LogP contribution in [-0.2, 0) is 23.8 Å². The number of hydrogen-bond donors (Lipinski definition) is 1. The van der Waals surface area contributed by atoms with Gasteiger partial charge < -0.3 is 19.5 Å². The second-order valence-electron chi connectivity index (χ2n) is 6.46. The van der Waals surface area contributed by atoms with Gasteiger partial charge in [0.1, 0.15) is 0 Å². The van der Waals surface area contributed by atoms with Crippen molar-refractivity contribution in [2.24, 2.45) is 0 Å². The summed E-state index contributed by atoms with van der Waals surface area (Å²) in [6.45, 7) is 8.79. The molecular weight excluding hydrogens is 360 g/mol. The highest BCUT2D eigenvalue weighted by atomic mass is 16.6. The number of morpholine rings is 1. The first kappa shape index (κ1) is 21.9. The Morgan fingerprint density at radius 1 is 1.11 bits per heavy atom. The van der Waals surface area contributed by atoms with Gasteiger partial charge >= 0.3 is 11.9 Å². The lowest BCUT2D eigenvalue weighted by Crippen LogP contribution is -2.46. The third-order valence-electron chi connectivity index (χ3n) is 4.54. The first-order chi connectivity index (χ1) is 13.6. The van der Waals surface area contributed by atoms with E-state index in [2.05, 4.69) is 22.3 Å². The molecule has 0 spiro atoms. The lowest BCUT2D eigenvalue weighted by atomic mass is 9.98. The van der Waals surface area contributed by atoms with Crippen LogP contribution in [0.3, 0.4) is 0 Å². The molecular formula is C21H30N2O5. The summed E-state index contributed by atoms with van der Waals surface area (Å²) in [5.74, 6) is -1.38. The summed E-state index contributed by atoms with van der Waals surface area (Å²) in [4.78, 5) is 26.7. The minimum atomic E-state index is -0.691. The molecule has 0 aromatic heterocycles. The minimum Gasteiger partial charge on any atom is -0.462 e. The molecule has 1 N–H and O–H groups in total. The zero-order valence-electron chi connectivity index (χ0n) is 16.8. The van der Waals surface area contributed by atoms with E-state index in [1.807, 2.05) is 25.1 Å². The number of nitrogens with one attached hydrogen (secondary N) is 1. The number of ether oxygens (including phenoxy) is 3. The summed E-state index contributed by atoms with van der Waals surface area (Å²) >= 11 is 0. The smallest absolute Gasteiger partial charge is 0.347 e. The van der Waals surface area contributed by atoms with Crippen LogP contribution < -0.4 is 5.32 Å². The number of carbonyl (C=O) groups is 2. The van der Waals surface area contributed by atoms with Crippen molar-refractivity contribution in [3.8, 4) is 0 Å². The van der Waals surface area contributed by atoms with Crippen molar-refractivity contribution >= 4 is 11.9 Å². The number of nitrogens with zero attached hydrogens (tertiary/aromatic N) is 1. The zero-order valence-corrected chi connectivity index (χ0v) is 16.8. The van der Waals surface area contributed by atoms with Crippen LogP contribution in [0, 0.1) is 0 Å². The molecule has 1 aromatic rings. The van der Waals surface area contributed by atoms with E-state index in [-0.39, 0.29) is 30.9 Å². The summed E-state index contributed by atoms with van der Waals surface area (Å²) in [6, 6.07) is 10.2. The van der Waals surface area contributed by atoms with E-state index in [1.165, 1.54) is 6.20 Å². The predicted octanol–water partition coefficient (Wildman–Crippen LogP) is 2.05. The highest BCUT2D eigenvalue weighted by molar-refractivity contribution is 6.13. The van der Waals surface area contributed by atoms with Crippen molar-refractivity contribution in [3.05, 3.63) is 47.7 Å². The molecule has 1 heterocycles. The standard InChI is InChI=1S/C21H30N2O5/c1-4-27-20(24)18(21(25)28-5-2)15-22-16(3)19(17-9-7-6-8-10-17)23-11-13-26-14-12-23/h6-10,15-16,19,22H,4-5,11-14H2,1-3H3/t16-,19-/m1/s1. The number of rotatable bonds is 9. The lowest BCUT2D eigenvalue weighted by Gasteiger charge is -2.38. The second-order valence-corrected chi connectivity index (χ2v) is 6.46. The maximum atomic E-state index is 12.2. The van der Waals surface area contributed by atoms with Crippen LogP contribution in [0.5, 0.6) is 0 Å². The molecule has 1 aliphatic rings. The van der Waals surface area contributed by atoms with E-state index in [1.54, 1.807) is 13.8 Å². The topological polar surface area (TPSA) is 77.1 Å². The van der Waals surface area contributed by atoms with Gasteiger partial charge in [-0.15, -0.1) is 0 Å². The first-order valence-corrected chi connectivity index (χ1v) is 9.75. The normalized spacial score (nSPS) is 16.5. The van der Waals surface area contributed by atoms with Crippen LogP contribution in [-0.4, -0.2) is 62.4 Å². The number of carbonyl (C=O) groups excluding carboxylic acids is 2. The van der Waals surface area contributed by atoms with Crippen molar-refractivity contribution in [2.45, 2.75) is 32.9 Å². The molecule has 1 aliphatic heterocycles. The molecule has 2 atom stereocenters. The van der Waals surface area contributed by atoms with E-state index in [0.29, 0.717) is 13.2 Å². The van der Waals surface area contributed by atoms with Gasteiger partial charge in [-0.3, -0.25) is 4.90 Å². The van der Waals surface area contributed by atoms with Crippen LogP contribution in [0.25, 0.3) is 0 Å². The monoisotopic (exact) mass is 390 g/mol. The fourth-order valence-electron chi connectivity index (χ4n) is 3.25. The molecule has 0 amide bonds. The van der Waals surface area contributed by atoms with E-state index >= 15 is 0 Å². The summed E-state index contributed by atoms with van der Waals surface area (Å²) in [6.07, 6.45) is 1.41. The molecule has 0 radical (unpaired) electrons. The number of esters is 2. The van der Waals surface area contributed by atoms with Gasteiger partial charge in [0.05, 0.1) is 32.5 Å². The third kappa shape index (κ3) is 6.07. The molecule has 7 nitrogen and oxygen atoms in total. The van der Waals surface area contributed by atoms with Crippen molar-refractivity contribution in [1.29, 1.82) is 0 Å². The van der Waals surface area contributed by atoms with Crippen molar-refractivity contribution < 1.29 is 23.8 Å². The highest BCUT2D eigenvalue weighted by Gasteiger charge is 2.28. The molecule has 7 heteroatoms. The fourth-order valence-corrected chi connectivity index (χ4v) is 3.25. The molecule has 0 aliphatic carbocycles. The maximum absolute atomic E-state index is 12.2. The average Bonchev–Trinajstić information content (AvgIpc) is 2.70.